The number of halogens is 2. The Balaban J connectivity index is 1.73. The molecular formula is C27H30F2N2O2S. The van der Waals surface area contributed by atoms with Crippen molar-refractivity contribution in [3.8, 4) is 0 Å². The van der Waals surface area contributed by atoms with Crippen LogP contribution in [0.3, 0.4) is 0 Å². The third-order valence-corrected chi connectivity index (χ3v) is 6.39. The highest BCUT2D eigenvalue weighted by molar-refractivity contribution is 7.98. The van der Waals surface area contributed by atoms with Crippen LogP contribution in [0.4, 0.5) is 8.78 Å². The largest absolute Gasteiger partial charge is 0.390 e. The second-order valence-electron chi connectivity index (χ2n) is 8.13. The minimum atomic E-state index is -0.980. The molecule has 0 heterocycles. The smallest absolute Gasteiger partial charge is 0.252 e. The molecule has 0 saturated heterocycles. The number of hydrogen-bond donors (Lipinski definition) is 3. The van der Waals surface area contributed by atoms with Crippen LogP contribution in [0.1, 0.15) is 34.0 Å². The topological polar surface area (TPSA) is 61.4 Å². The molecule has 0 unspecified atom stereocenters. The van der Waals surface area contributed by atoms with E-state index in [0.717, 1.165) is 22.9 Å². The lowest BCUT2D eigenvalue weighted by atomic mass is 10.00. The van der Waals surface area contributed by atoms with E-state index in [-0.39, 0.29) is 18.9 Å². The van der Waals surface area contributed by atoms with Crippen LogP contribution in [0.25, 0.3) is 0 Å². The van der Waals surface area contributed by atoms with Crippen LogP contribution in [0.2, 0.25) is 0 Å². The fourth-order valence-corrected chi connectivity index (χ4v) is 4.41. The molecule has 0 radical (unpaired) electrons. The standard InChI is InChI=1S/C27H30F2N2O2S/c1-3-18-7-6-8-19(11-18)16-30-17-25(32)24(14-20-12-21(28)15-22(29)13-20)31-27(33)23-9-4-5-10-26(23)34-2/h4-13,15,24-25,30,32H,3,14,16-17H2,1-2H3,(H,31,33)/t24-,25+/m0/s1. The Morgan fingerprint density at radius 2 is 1.68 bits per heavy atom. The Bertz CT molecular complexity index is 1090. The van der Waals surface area contributed by atoms with E-state index in [1.54, 1.807) is 12.1 Å². The molecule has 0 aliphatic carbocycles. The Kier molecular flexibility index (Phi) is 9.62. The van der Waals surface area contributed by atoms with Gasteiger partial charge in [-0.2, -0.15) is 0 Å². The van der Waals surface area contributed by atoms with Gasteiger partial charge in [0, 0.05) is 24.1 Å². The summed E-state index contributed by atoms with van der Waals surface area (Å²) in [6, 6.07) is 17.8. The predicted octanol–water partition coefficient (Wildman–Crippen LogP) is 4.74. The number of carbonyl (C=O) groups is 1. The van der Waals surface area contributed by atoms with E-state index in [9.17, 15) is 18.7 Å². The highest BCUT2D eigenvalue weighted by Gasteiger charge is 2.24. The number of aryl methyl sites for hydroxylation is 1. The van der Waals surface area contributed by atoms with Gasteiger partial charge >= 0.3 is 0 Å². The van der Waals surface area contributed by atoms with E-state index in [1.807, 2.05) is 30.5 Å². The predicted molar refractivity (Wildman–Crippen MR) is 133 cm³/mol. The van der Waals surface area contributed by atoms with E-state index >= 15 is 0 Å². The molecule has 3 aromatic carbocycles. The van der Waals surface area contributed by atoms with Crippen LogP contribution in [0, 0.1) is 11.6 Å². The number of carbonyl (C=O) groups excluding carboxylic acids is 1. The molecule has 3 rings (SSSR count). The molecule has 1 amide bonds. The first-order valence-corrected chi connectivity index (χ1v) is 12.5. The molecule has 3 aromatic rings. The van der Waals surface area contributed by atoms with Crippen LogP contribution in [0.5, 0.6) is 0 Å². The van der Waals surface area contributed by atoms with Gasteiger partial charge in [0.05, 0.1) is 17.7 Å². The summed E-state index contributed by atoms with van der Waals surface area (Å²) in [7, 11) is 0. The number of amides is 1. The minimum Gasteiger partial charge on any atom is -0.390 e. The van der Waals surface area contributed by atoms with Crippen LogP contribution in [0.15, 0.2) is 71.6 Å². The Morgan fingerprint density at radius 1 is 0.971 bits per heavy atom. The van der Waals surface area contributed by atoms with Gasteiger partial charge in [0.25, 0.3) is 5.91 Å². The number of aliphatic hydroxyl groups excluding tert-OH is 1. The molecule has 2 atom stereocenters. The van der Waals surface area contributed by atoms with Crippen molar-refractivity contribution in [2.75, 3.05) is 12.8 Å². The van der Waals surface area contributed by atoms with Gasteiger partial charge in [0.15, 0.2) is 0 Å². The third kappa shape index (κ3) is 7.38. The van der Waals surface area contributed by atoms with Gasteiger partial charge in [-0.1, -0.05) is 43.3 Å². The zero-order valence-electron chi connectivity index (χ0n) is 19.4. The van der Waals surface area contributed by atoms with Gasteiger partial charge < -0.3 is 15.7 Å². The maximum atomic E-state index is 13.8. The van der Waals surface area contributed by atoms with Crippen molar-refractivity contribution in [3.05, 3.63) is 101 Å². The van der Waals surface area contributed by atoms with Gasteiger partial charge in [-0.3, -0.25) is 4.79 Å². The number of benzene rings is 3. The molecule has 0 aliphatic heterocycles. The molecule has 180 valence electrons. The first-order chi connectivity index (χ1) is 16.4. The fourth-order valence-electron chi connectivity index (χ4n) is 3.81. The molecule has 34 heavy (non-hydrogen) atoms. The second-order valence-corrected chi connectivity index (χ2v) is 8.98. The molecule has 0 saturated carbocycles. The first-order valence-electron chi connectivity index (χ1n) is 11.2. The van der Waals surface area contributed by atoms with Crippen LogP contribution >= 0.6 is 11.8 Å². The number of rotatable bonds is 11. The summed E-state index contributed by atoms with van der Waals surface area (Å²) < 4.78 is 27.5. The average Bonchev–Trinajstić information content (AvgIpc) is 2.83. The molecule has 0 spiro atoms. The van der Waals surface area contributed by atoms with Crippen molar-refractivity contribution in [3.63, 3.8) is 0 Å². The quantitative estimate of drug-likeness (QED) is 0.344. The summed E-state index contributed by atoms with van der Waals surface area (Å²) in [5.74, 6) is -1.74. The summed E-state index contributed by atoms with van der Waals surface area (Å²) in [4.78, 5) is 13.8. The SMILES string of the molecule is CCc1cccc(CNC[C@@H](O)[C@H](Cc2cc(F)cc(F)c2)NC(=O)c2ccccc2SC)c1. The van der Waals surface area contributed by atoms with E-state index in [1.165, 1.54) is 29.5 Å². The minimum absolute atomic E-state index is 0.0794. The van der Waals surface area contributed by atoms with Crippen molar-refractivity contribution >= 4 is 17.7 Å². The lowest BCUT2D eigenvalue weighted by molar-refractivity contribution is 0.0827. The molecule has 3 N–H and O–H groups in total. The van der Waals surface area contributed by atoms with Crippen molar-refractivity contribution in [2.45, 2.75) is 43.4 Å². The Morgan fingerprint density at radius 3 is 2.38 bits per heavy atom. The van der Waals surface area contributed by atoms with Gasteiger partial charge in [-0.05, 0) is 60.1 Å². The Labute approximate surface area is 203 Å². The lowest BCUT2D eigenvalue weighted by Crippen LogP contribution is -2.48. The molecule has 0 aliphatic rings. The van der Waals surface area contributed by atoms with Crippen molar-refractivity contribution < 1.29 is 18.7 Å². The van der Waals surface area contributed by atoms with Crippen LogP contribution in [-0.2, 0) is 19.4 Å². The van der Waals surface area contributed by atoms with Crippen molar-refractivity contribution in [1.29, 1.82) is 0 Å². The first kappa shape index (κ1) is 25.9. The normalized spacial score (nSPS) is 12.9. The van der Waals surface area contributed by atoms with E-state index in [0.29, 0.717) is 17.7 Å². The number of aliphatic hydroxyl groups is 1. The average molecular weight is 485 g/mol. The van der Waals surface area contributed by atoms with Crippen LogP contribution < -0.4 is 10.6 Å². The highest BCUT2D eigenvalue weighted by atomic mass is 32.2. The third-order valence-electron chi connectivity index (χ3n) is 5.59. The van der Waals surface area contributed by atoms with Gasteiger partial charge in [0.2, 0.25) is 0 Å². The van der Waals surface area contributed by atoms with E-state index in [2.05, 4.69) is 29.7 Å². The van der Waals surface area contributed by atoms with Gasteiger partial charge in [-0.15, -0.1) is 11.8 Å². The van der Waals surface area contributed by atoms with Gasteiger partial charge in [-0.25, -0.2) is 8.78 Å². The zero-order valence-corrected chi connectivity index (χ0v) is 20.2. The number of hydrogen-bond acceptors (Lipinski definition) is 4. The molecule has 0 fully saturated rings. The summed E-state index contributed by atoms with van der Waals surface area (Å²) in [6.45, 7) is 2.84. The monoisotopic (exact) mass is 484 g/mol. The van der Waals surface area contributed by atoms with E-state index < -0.39 is 23.8 Å². The maximum absolute atomic E-state index is 13.8. The molecule has 0 bridgehead atoms. The Hall–Kier alpha value is -2.74. The summed E-state index contributed by atoms with van der Waals surface area (Å²) in [5.41, 5.74) is 3.16. The summed E-state index contributed by atoms with van der Waals surface area (Å²) >= 11 is 1.45. The molecule has 4 nitrogen and oxygen atoms in total. The maximum Gasteiger partial charge on any atom is 0.252 e. The molecule has 0 aromatic heterocycles. The molecule has 7 heteroatoms. The lowest BCUT2D eigenvalue weighted by Gasteiger charge is -2.25. The van der Waals surface area contributed by atoms with Gasteiger partial charge in [0.1, 0.15) is 11.6 Å². The fraction of sp³-hybridized carbons (Fsp3) is 0.296. The number of nitrogens with one attached hydrogen (secondary N) is 2. The summed E-state index contributed by atoms with van der Waals surface area (Å²) in [5, 5.41) is 17.0. The van der Waals surface area contributed by atoms with E-state index in [4.69, 9.17) is 0 Å². The molecular weight excluding hydrogens is 454 g/mol. The van der Waals surface area contributed by atoms with Crippen molar-refractivity contribution in [2.24, 2.45) is 0 Å². The zero-order chi connectivity index (χ0) is 24.5. The van der Waals surface area contributed by atoms with Crippen LogP contribution in [-0.4, -0.2) is 36.0 Å². The van der Waals surface area contributed by atoms with Crippen molar-refractivity contribution in [1.82, 2.24) is 10.6 Å². The highest BCUT2D eigenvalue weighted by Crippen LogP contribution is 2.20. The summed E-state index contributed by atoms with van der Waals surface area (Å²) in [6.07, 6.45) is 1.92. The number of thioether (sulfide) groups is 1. The second kappa shape index (κ2) is 12.6.